The number of alkyl carbamates (subject to hydrolysis) is 1. The number of benzene rings is 1. The lowest BCUT2D eigenvalue weighted by molar-refractivity contribution is -0.00164. The van der Waals surface area contributed by atoms with E-state index in [0.29, 0.717) is 6.42 Å². The van der Waals surface area contributed by atoms with Crippen LogP contribution in [0.4, 0.5) is 4.79 Å². The number of aliphatic hydroxyl groups is 1. The van der Waals surface area contributed by atoms with Gasteiger partial charge in [-0.3, -0.25) is 5.32 Å². The molecule has 3 N–H and O–H groups in total. The lowest BCUT2D eigenvalue weighted by Gasteiger charge is -2.33. The zero-order valence-electron chi connectivity index (χ0n) is 14.5. The second kappa shape index (κ2) is 10.2. The highest BCUT2D eigenvalue weighted by Crippen LogP contribution is 2.18. The molecule has 0 aliphatic rings. The van der Waals surface area contributed by atoms with Gasteiger partial charge in [0, 0.05) is 0 Å². The zero-order valence-corrected chi connectivity index (χ0v) is 14.5. The third-order valence-corrected chi connectivity index (χ3v) is 3.92. The van der Waals surface area contributed by atoms with E-state index in [1.165, 1.54) is 0 Å². The lowest BCUT2D eigenvalue weighted by atomic mass is 9.94. The van der Waals surface area contributed by atoms with Crippen molar-refractivity contribution in [2.75, 3.05) is 7.05 Å². The summed E-state index contributed by atoms with van der Waals surface area (Å²) in [6, 6.07) is 9.50. The van der Waals surface area contributed by atoms with Gasteiger partial charge in [0.1, 0.15) is 12.8 Å². The number of amides is 1. The summed E-state index contributed by atoms with van der Waals surface area (Å²) in [6.07, 6.45) is 3.86. The number of likely N-dealkylation sites (N-methyl/N-ethyl adjacent to an activating group) is 1. The predicted octanol–water partition coefficient (Wildman–Crippen LogP) is 3.18. The van der Waals surface area contributed by atoms with Crippen LogP contribution in [0.1, 0.15) is 51.5 Å². The number of unbranched alkanes of at least 4 members (excludes halogenated alkanes) is 3. The maximum absolute atomic E-state index is 11.9. The minimum atomic E-state index is -1.02. The molecule has 0 saturated carbocycles. The Labute approximate surface area is 139 Å². The van der Waals surface area contributed by atoms with Gasteiger partial charge < -0.3 is 15.2 Å². The van der Waals surface area contributed by atoms with Crippen molar-refractivity contribution in [3.05, 3.63) is 35.9 Å². The van der Waals surface area contributed by atoms with Gasteiger partial charge in [-0.05, 0) is 26.0 Å². The van der Waals surface area contributed by atoms with Crippen LogP contribution in [0.3, 0.4) is 0 Å². The quantitative estimate of drug-likeness (QED) is 0.457. The Hall–Kier alpha value is -1.59. The van der Waals surface area contributed by atoms with Crippen molar-refractivity contribution in [1.82, 2.24) is 10.6 Å². The fourth-order valence-corrected chi connectivity index (χ4v) is 2.48. The first-order valence-electron chi connectivity index (χ1n) is 8.36. The van der Waals surface area contributed by atoms with Crippen LogP contribution in [0.15, 0.2) is 30.3 Å². The first-order chi connectivity index (χ1) is 11.0. The van der Waals surface area contributed by atoms with Crippen LogP contribution in [0, 0.1) is 0 Å². The van der Waals surface area contributed by atoms with Crippen LogP contribution in [-0.2, 0) is 11.3 Å². The highest BCUT2D eigenvalue weighted by molar-refractivity contribution is 5.67. The molecule has 0 bridgehead atoms. The van der Waals surface area contributed by atoms with E-state index in [2.05, 4.69) is 17.6 Å². The third kappa shape index (κ3) is 7.48. The summed E-state index contributed by atoms with van der Waals surface area (Å²) in [7, 11) is 1.71. The molecule has 23 heavy (non-hydrogen) atoms. The molecule has 0 heterocycles. The second-order valence-electron chi connectivity index (χ2n) is 6.10. The van der Waals surface area contributed by atoms with Crippen molar-refractivity contribution in [3.8, 4) is 0 Å². The van der Waals surface area contributed by atoms with Crippen LogP contribution < -0.4 is 10.6 Å². The molecule has 0 aromatic heterocycles. The molecule has 0 saturated heterocycles. The van der Waals surface area contributed by atoms with E-state index < -0.39 is 17.9 Å². The van der Waals surface area contributed by atoms with E-state index in [0.717, 1.165) is 31.2 Å². The fourth-order valence-electron chi connectivity index (χ4n) is 2.48. The number of carbonyl (C=O) groups is 1. The van der Waals surface area contributed by atoms with E-state index in [-0.39, 0.29) is 6.61 Å². The summed E-state index contributed by atoms with van der Waals surface area (Å²) < 4.78 is 5.20. The largest absolute Gasteiger partial charge is 0.445 e. The van der Waals surface area contributed by atoms with E-state index in [1.54, 1.807) is 14.0 Å². The van der Waals surface area contributed by atoms with Gasteiger partial charge in [-0.25, -0.2) is 4.79 Å². The monoisotopic (exact) mass is 322 g/mol. The van der Waals surface area contributed by atoms with Crippen molar-refractivity contribution < 1.29 is 14.6 Å². The predicted molar refractivity (Wildman–Crippen MR) is 92.0 cm³/mol. The van der Waals surface area contributed by atoms with E-state index >= 15 is 0 Å². The highest BCUT2D eigenvalue weighted by Gasteiger charge is 2.31. The third-order valence-electron chi connectivity index (χ3n) is 3.92. The highest BCUT2D eigenvalue weighted by atomic mass is 16.5. The van der Waals surface area contributed by atoms with Gasteiger partial charge in [0.2, 0.25) is 0 Å². The summed E-state index contributed by atoms with van der Waals surface area (Å²) in [5.41, 5.74) is -0.0937. The molecule has 130 valence electrons. The van der Waals surface area contributed by atoms with Crippen molar-refractivity contribution in [2.45, 2.75) is 64.3 Å². The minimum absolute atomic E-state index is 0.210. The lowest BCUT2D eigenvalue weighted by Crippen LogP contribution is -2.58. The number of hydrogen-bond acceptors (Lipinski definition) is 4. The van der Waals surface area contributed by atoms with Gasteiger partial charge in [0.25, 0.3) is 0 Å². The van der Waals surface area contributed by atoms with Crippen molar-refractivity contribution in [3.63, 3.8) is 0 Å². The zero-order chi connectivity index (χ0) is 17.1. The van der Waals surface area contributed by atoms with Crippen LogP contribution in [0.5, 0.6) is 0 Å². The van der Waals surface area contributed by atoms with Crippen molar-refractivity contribution in [2.24, 2.45) is 0 Å². The van der Waals surface area contributed by atoms with Gasteiger partial charge >= 0.3 is 6.09 Å². The SMILES string of the molecule is CCCCCCC(C)(O)C(NC)NC(=O)OCc1ccccc1. The van der Waals surface area contributed by atoms with Gasteiger partial charge in [-0.15, -0.1) is 0 Å². The molecule has 0 aliphatic carbocycles. The van der Waals surface area contributed by atoms with E-state index in [1.807, 2.05) is 30.3 Å². The Balaban J connectivity index is 2.42. The molecular weight excluding hydrogens is 292 g/mol. The summed E-state index contributed by atoms with van der Waals surface area (Å²) in [6.45, 7) is 4.10. The number of rotatable bonds is 10. The van der Waals surface area contributed by atoms with E-state index in [9.17, 15) is 9.90 Å². The standard InChI is InChI=1S/C18H30N2O3/c1-4-5-6-10-13-18(2,22)16(19-3)20-17(21)23-14-15-11-8-7-9-12-15/h7-9,11-12,16,19,22H,4-6,10,13-14H2,1-3H3,(H,20,21). The number of hydrogen-bond donors (Lipinski definition) is 3. The molecule has 0 aliphatic heterocycles. The van der Waals surface area contributed by atoms with Crippen molar-refractivity contribution >= 4 is 6.09 Å². The molecule has 1 aromatic rings. The topological polar surface area (TPSA) is 70.6 Å². The first kappa shape index (κ1) is 19.5. The Kier molecular flexibility index (Phi) is 8.66. The van der Waals surface area contributed by atoms with Crippen molar-refractivity contribution in [1.29, 1.82) is 0 Å². The normalized spacial score (nSPS) is 14.8. The fraction of sp³-hybridized carbons (Fsp3) is 0.611. The minimum Gasteiger partial charge on any atom is -0.445 e. The molecule has 1 rings (SSSR count). The number of nitrogens with one attached hydrogen (secondary N) is 2. The van der Waals surface area contributed by atoms with Gasteiger partial charge in [-0.2, -0.15) is 0 Å². The molecule has 5 heteroatoms. The Morgan fingerprint density at radius 1 is 1.26 bits per heavy atom. The number of carbonyl (C=O) groups excluding carboxylic acids is 1. The average molecular weight is 322 g/mol. The second-order valence-corrected chi connectivity index (χ2v) is 6.10. The van der Waals surface area contributed by atoms with E-state index in [4.69, 9.17) is 4.74 Å². The molecule has 2 unspecified atom stereocenters. The molecule has 2 atom stereocenters. The summed E-state index contributed by atoms with van der Waals surface area (Å²) in [4.78, 5) is 11.9. The molecule has 0 fully saturated rings. The Bertz CT molecular complexity index is 449. The first-order valence-corrected chi connectivity index (χ1v) is 8.36. The Morgan fingerprint density at radius 3 is 2.57 bits per heavy atom. The molecule has 0 radical (unpaired) electrons. The maximum Gasteiger partial charge on any atom is 0.408 e. The van der Waals surface area contributed by atoms with Crippen LogP contribution in [0.25, 0.3) is 0 Å². The van der Waals surface area contributed by atoms with Crippen LogP contribution in [0.2, 0.25) is 0 Å². The van der Waals surface area contributed by atoms with Gasteiger partial charge in [-0.1, -0.05) is 62.9 Å². The summed E-state index contributed by atoms with van der Waals surface area (Å²) in [5.74, 6) is 0. The molecule has 5 nitrogen and oxygen atoms in total. The maximum atomic E-state index is 11.9. The van der Waals surface area contributed by atoms with Gasteiger partial charge in [0.15, 0.2) is 0 Å². The molecular formula is C18H30N2O3. The average Bonchev–Trinajstić information content (AvgIpc) is 2.55. The molecule has 1 amide bonds. The van der Waals surface area contributed by atoms with Crippen LogP contribution in [-0.4, -0.2) is 30.0 Å². The summed E-state index contributed by atoms with van der Waals surface area (Å²) >= 11 is 0. The smallest absolute Gasteiger partial charge is 0.408 e. The van der Waals surface area contributed by atoms with Gasteiger partial charge in [0.05, 0.1) is 5.60 Å². The number of ether oxygens (including phenoxy) is 1. The molecule has 1 aromatic carbocycles. The molecule has 0 spiro atoms. The summed E-state index contributed by atoms with van der Waals surface area (Å²) in [5, 5.41) is 16.2. The van der Waals surface area contributed by atoms with Crippen LogP contribution >= 0.6 is 0 Å². The Morgan fingerprint density at radius 2 is 1.96 bits per heavy atom.